The van der Waals surface area contributed by atoms with Gasteiger partial charge in [0.1, 0.15) is 0 Å². The van der Waals surface area contributed by atoms with Gasteiger partial charge in [-0.1, -0.05) is 13.0 Å². The minimum atomic E-state index is 0.0373. The molecule has 112 valence electrons. The number of benzene rings is 1. The number of nitrogens with zero attached hydrogens (tertiary/aromatic N) is 1. The van der Waals surface area contributed by atoms with Crippen LogP contribution < -0.4 is 10.6 Å². The minimum Gasteiger partial charge on any atom is -0.381 e. The lowest BCUT2D eigenvalue weighted by Crippen LogP contribution is -2.11. The second kappa shape index (κ2) is 6.97. The molecular weight excluding hydrogens is 262 g/mol. The van der Waals surface area contributed by atoms with Gasteiger partial charge in [-0.3, -0.25) is 4.79 Å². The maximum Gasteiger partial charge on any atom is 0.224 e. The van der Waals surface area contributed by atoms with Crippen LogP contribution in [0.5, 0.6) is 0 Å². The van der Waals surface area contributed by atoms with Crippen LogP contribution in [0.2, 0.25) is 0 Å². The van der Waals surface area contributed by atoms with Crippen molar-refractivity contribution in [3.05, 3.63) is 47.8 Å². The molecular formula is C17H23N3O. The second-order valence-corrected chi connectivity index (χ2v) is 5.08. The van der Waals surface area contributed by atoms with Gasteiger partial charge < -0.3 is 15.2 Å². The maximum absolute atomic E-state index is 11.5. The molecule has 4 heteroatoms. The van der Waals surface area contributed by atoms with Crippen LogP contribution in [-0.2, 0) is 17.9 Å². The van der Waals surface area contributed by atoms with Gasteiger partial charge in [-0.2, -0.15) is 0 Å². The van der Waals surface area contributed by atoms with Crippen LogP contribution in [0.25, 0.3) is 0 Å². The van der Waals surface area contributed by atoms with Crippen molar-refractivity contribution in [1.29, 1.82) is 0 Å². The van der Waals surface area contributed by atoms with Crippen molar-refractivity contribution in [2.45, 2.75) is 40.3 Å². The summed E-state index contributed by atoms with van der Waals surface area (Å²) >= 11 is 0. The Hall–Kier alpha value is -2.23. The highest BCUT2D eigenvalue weighted by atomic mass is 16.1. The van der Waals surface area contributed by atoms with E-state index in [1.54, 1.807) is 0 Å². The highest BCUT2D eigenvalue weighted by Crippen LogP contribution is 2.24. The Balaban J connectivity index is 2.06. The van der Waals surface area contributed by atoms with Crippen LogP contribution in [-0.4, -0.2) is 10.5 Å². The summed E-state index contributed by atoms with van der Waals surface area (Å²) in [5.74, 6) is 0.0373. The molecule has 0 aliphatic heterocycles. The molecule has 0 saturated carbocycles. The van der Waals surface area contributed by atoms with Crippen molar-refractivity contribution in [2.75, 3.05) is 10.6 Å². The predicted octanol–water partition coefficient (Wildman–Crippen LogP) is 3.78. The molecule has 0 aliphatic carbocycles. The zero-order valence-electron chi connectivity index (χ0n) is 12.9. The summed E-state index contributed by atoms with van der Waals surface area (Å²) in [5.41, 5.74) is 4.24. The van der Waals surface area contributed by atoms with E-state index < -0.39 is 0 Å². The van der Waals surface area contributed by atoms with Gasteiger partial charge in [0.25, 0.3) is 0 Å². The van der Waals surface area contributed by atoms with Crippen LogP contribution in [0.1, 0.15) is 31.4 Å². The van der Waals surface area contributed by atoms with E-state index in [-0.39, 0.29) is 5.91 Å². The van der Waals surface area contributed by atoms with Crippen molar-refractivity contribution in [1.82, 2.24) is 4.57 Å². The number of carbonyl (C=O) groups is 1. The van der Waals surface area contributed by atoms with E-state index in [1.807, 2.05) is 32.0 Å². The van der Waals surface area contributed by atoms with E-state index >= 15 is 0 Å². The molecule has 1 amide bonds. The Morgan fingerprint density at radius 1 is 1.19 bits per heavy atom. The number of aromatic nitrogens is 1. The van der Waals surface area contributed by atoms with Gasteiger partial charge >= 0.3 is 0 Å². The van der Waals surface area contributed by atoms with Crippen LogP contribution >= 0.6 is 0 Å². The fraction of sp³-hybridized carbons (Fsp3) is 0.353. The molecule has 21 heavy (non-hydrogen) atoms. The first kappa shape index (κ1) is 15.2. The van der Waals surface area contributed by atoms with E-state index in [0.29, 0.717) is 6.42 Å². The molecule has 0 radical (unpaired) electrons. The van der Waals surface area contributed by atoms with Gasteiger partial charge in [0.05, 0.1) is 0 Å². The van der Waals surface area contributed by atoms with Crippen molar-refractivity contribution in [3.63, 3.8) is 0 Å². The number of rotatable bonds is 6. The van der Waals surface area contributed by atoms with Crippen molar-refractivity contribution in [2.24, 2.45) is 0 Å². The molecule has 2 rings (SSSR count). The smallest absolute Gasteiger partial charge is 0.224 e. The average Bonchev–Trinajstić information content (AvgIpc) is 2.96. The third-order valence-electron chi connectivity index (χ3n) is 3.59. The van der Waals surface area contributed by atoms with Gasteiger partial charge in [-0.15, -0.1) is 0 Å². The van der Waals surface area contributed by atoms with Crippen LogP contribution in [0.3, 0.4) is 0 Å². The molecule has 0 aliphatic rings. The number of anilines is 2. The summed E-state index contributed by atoms with van der Waals surface area (Å²) in [6.45, 7) is 7.76. The highest BCUT2D eigenvalue weighted by Gasteiger charge is 2.06. The molecule has 0 spiro atoms. The molecule has 1 heterocycles. The summed E-state index contributed by atoms with van der Waals surface area (Å²) in [4.78, 5) is 11.5. The SMILES string of the molecule is CCC(=O)Nc1cccc(NCc2ccn(CC)c2)c1C. The lowest BCUT2D eigenvalue weighted by molar-refractivity contribution is -0.115. The Morgan fingerprint density at radius 3 is 2.62 bits per heavy atom. The monoisotopic (exact) mass is 285 g/mol. The first-order valence-electron chi connectivity index (χ1n) is 7.42. The third kappa shape index (κ3) is 3.88. The highest BCUT2D eigenvalue weighted by molar-refractivity contribution is 5.92. The Labute approximate surface area is 126 Å². The number of hydrogen-bond donors (Lipinski definition) is 2. The Morgan fingerprint density at radius 2 is 1.95 bits per heavy atom. The average molecular weight is 285 g/mol. The van der Waals surface area contributed by atoms with Crippen LogP contribution in [0.15, 0.2) is 36.7 Å². The number of carbonyl (C=O) groups excluding carboxylic acids is 1. The molecule has 1 aromatic carbocycles. The first-order valence-corrected chi connectivity index (χ1v) is 7.42. The lowest BCUT2D eigenvalue weighted by atomic mass is 10.1. The maximum atomic E-state index is 11.5. The first-order chi connectivity index (χ1) is 10.1. The quantitative estimate of drug-likeness (QED) is 0.848. The standard InChI is InChI=1S/C17H23N3O/c1-4-17(21)19-16-8-6-7-15(13(16)3)18-11-14-9-10-20(5-2)12-14/h6-10,12,18H,4-5,11H2,1-3H3,(H,19,21). The van der Waals surface area contributed by atoms with E-state index in [1.165, 1.54) is 5.56 Å². The van der Waals surface area contributed by atoms with Gasteiger partial charge in [0, 0.05) is 43.3 Å². The molecule has 0 fully saturated rings. The van der Waals surface area contributed by atoms with Crippen molar-refractivity contribution >= 4 is 17.3 Å². The van der Waals surface area contributed by atoms with E-state index in [4.69, 9.17) is 0 Å². The molecule has 0 atom stereocenters. The summed E-state index contributed by atoms with van der Waals surface area (Å²) in [6, 6.07) is 8.04. The zero-order valence-corrected chi connectivity index (χ0v) is 12.9. The second-order valence-electron chi connectivity index (χ2n) is 5.08. The largest absolute Gasteiger partial charge is 0.381 e. The van der Waals surface area contributed by atoms with Gasteiger partial charge in [-0.25, -0.2) is 0 Å². The summed E-state index contributed by atoms with van der Waals surface area (Å²) in [6.07, 6.45) is 4.72. The van der Waals surface area contributed by atoms with Gasteiger partial charge in [0.15, 0.2) is 0 Å². The summed E-state index contributed by atoms with van der Waals surface area (Å²) in [5, 5.41) is 6.36. The summed E-state index contributed by atoms with van der Waals surface area (Å²) in [7, 11) is 0. The zero-order chi connectivity index (χ0) is 15.2. The number of amides is 1. The van der Waals surface area contributed by atoms with E-state index in [2.05, 4.69) is 40.6 Å². The van der Waals surface area contributed by atoms with Crippen LogP contribution in [0.4, 0.5) is 11.4 Å². The van der Waals surface area contributed by atoms with E-state index in [0.717, 1.165) is 30.0 Å². The molecule has 0 bridgehead atoms. The molecule has 0 saturated heterocycles. The molecule has 1 aromatic heterocycles. The molecule has 0 unspecified atom stereocenters. The molecule has 4 nitrogen and oxygen atoms in total. The fourth-order valence-corrected chi connectivity index (χ4v) is 2.19. The summed E-state index contributed by atoms with van der Waals surface area (Å²) < 4.78 is 2.15. The lowest BCUT2D eigenvalue weighted by Gasteiger charge is -2.13. The topological polar surface area (TPSA) is 46.1 Å². The van der Waals surface area contributed by atoms with Gasteiger partial charge in [-0.05, 0) is 43.2 Å². The Bertz CT molecular complexity index is 616. The van der Waals surface area contributed by atoms with Crippen LogP contribution in [0, 0.1) is 6.92 Å². The molecule has 2 N–H and O–H groups in total. The minimum absolute atomic E-state index is 0.0373. The van der Waals surface area contributed by atoms with Crippen molar-refractivity contribution < 1.29 is 4.79 Å². The molecule has 2 aromatic rings. The number of aryl methyl sites for hydroxylation is 1. The van der Waals surface area contributed by atoms with E-state index in [9.17, 15) is 4.79 Å². The van der Waals surface area contributed by atoms with Crippen molar-refractivity contribution in [3.8, 4) is 0 Å². The fourth-order valence-electron chi connectivity index (χ4n) is 2.19. The number of nitrogens with one attached hydrogen (secondary N) is 2. The predicted molar refractivity (Wildman–Crippen MR) is 87.5 cm³/mol. The Kier molecular flexibility index (Phi) is 5.04. The third-order valence-corrected chi connectivity index (χ3v) is 3.59. The number of hydrogen-bond acceptors (Lipinski definition) is 2. The normalized spacial score (nSPS) is 10.4. The van der Waals surface area contributed by atoms with Gasteiger partial charge in [0.2, 0.25) is 5.91 Å².